The Hall–Kier alpha value is -3.52. The average Bonchev–Trinajstić information content (AvgIpc) is 2.81. The van der Waals surface area contributed by atoms with Gasteiger partial charge in [0, 0.05) is 22.9 Å². The SMILES string of the molecule is COc1ccccc1C(O)(c1ccccc1OC)C(C)N=Cc1cc(C(F)(F)F)ccc1O. The summed E-state index contributed by atoms with van der Waals surface area (Å²) >= 11 is 0. The van der Waals surface area contributed by atoms with E-state index in [4.69, 9.17) is 9.47 Å². The van der Waals surface area contributed by atoms with Crippen LogP contribution in [-0.4, -0.2) is 36.7 Å². The van der Waals surface area contributed by atoms with Crippen molar-refractivity contribution in [3.05, 3.63) is 89.0 Å². The first-order chi connectivity index (χ1) is 15.6. The van der Waals surface area contributed by atoms with Gasteiger partial charge in [0.1, 0.15) is 22.8 Å². The minimum atomic E-state index is -4.57. The number of rotatable bonds is 7. The van der Waals surface area contributed by atoms with Crippen molar-refractivity contribution in [2.24, 2.45) is 4.99 Å². The van der Waals surface area contributed by atoms with Crippen molar-refractivity contribution in [1.82, 2.24) is 0 Å². The second-order valence-electron chi connectivity index (χ2n) is 7.39. The molecule has 0 heterocycles. The number of hydrogen-bond acceptors (Lipinski definition) is 5. The van der Waals surface area contributed by atoms with Crippen LogP contribution < -0.4 is 9.47 Å². The molecule has 0 amide bonds. The highest BCUT2D eigenvalue weighted by molar-refractivity contribution is 5.84. The number of alkyl halides is 3. The Morgan fingerprint density at radius 3 is 1.88 bits per heavy atom. The van der Waals surface area contributed by atoms with Gasteiger partial charge in [-0.05, 0) is 37.3 Å². The molecular formula is C25H24F3NO4. The lowest BCUT2D eigenvalue weighted by atomic mass is 9.80. The number of methoxy groups -OCH3 is 2. The second-order valence-corrected chi connectivity index (χ2v) is 7.39. The molecule has 3 rings (SSSR count). The van der Waals surface area contributed by atoms with Gasteiger partial charge in [-0.15, -0.1) is 0 Å². The van der Waals surface area contributed by atoms with Crippen molar-refractivity contribution in [2.45, 2.75) is 24.7 Å². The standard InChI is InChI=1S/C25H24F3NO4/c1-16(29-15-17-14-18(25(26,27)28)12-13-21(17)30)24(31,19-8-4-6-10-22(19)32-2)20-9-5-7-11-23(20)33-3/h4-16,30-31H,1-3H3. The number of benzene rings is 3. The first kappa shape index (κ1) is 24.1. The fourth-order valence-electron chi connectivity index (χ4n) is 3.65. The quantitative estimate of drug-likeness (QED) is 0.478. The molecule has 174 valence electrons. The summed E-state index contributed by atoms with van der Waals surface area (Å²) < 4.78 is 50.2. The van der Waals surface area contributed by atoms with Crippen LogP contribution >= 0.6 is 0 Å². The van der Waals surface area contributed by atoms with E-state index >= 15 is 0 Å². The summed E-state index contributed by atoms with van der Waals surface area (Å²) in [6, 6.07) is 15.3. The van der Waals surface area contributed by atoms with Crippen LogP contribution in [-0.2, 0) is 11.8 Å². The number of aliphatic imine (C=N–C) groups is 1. The van der Waals surface area contributed by atoms with Crippen molar-refractivity contribution < 1.29 is 32.9 Å². The zero-order valence-electron chi connectivity index (χ0n) is 18.3. The molecule has 0 aromatic heterocycles. The minimum Gasteiger partial charge on any atom is -0.507 e. The van der Waals surface area contributed by atoms with Gasteiger partial charge in [-0.1, -0.05) is 36.4 Å². The molecule has 0 radical (unpaired) electrons. The van der Waals surface area contributed by atoms with Crippen LogP contribution in [0.25, 0.3) is 0 Å². The third-order valence-corrected chi connectivity index (χ3v) is 5.43. The Labute approximate surface area is 189 Å². The smallest absolute Gasteiger partial charge is 0.416 e. The van der Waals surface area contributed by atoms with E-state index in [0.29, 0.717) is 22.6 Å². The number of phenolic OH excluding ortho intramolecular Hbond substituents is 1. The lowest BCUT2D eigenvalue weighted by molar-refractivity contribution is -0.137. The maximum absolute atomic E-state index is 13.1. The first-order valence-electron chi connectivity index (χ1n) is 10.1. The fraction of sp³-hybridized carbons (Fsp3) is 0.240. The number of phenols is 1. The van der Waals surface area contributed by atoms with Gasteiger partial charge in [0.25, 0.3) is 0 Å². The largest absolute Gasteiger partial charge is 0.507 e. The topological polar surface area (TPSA) is 71.3 Å². The summed E-state index contributed by atoms with van der Waals surface area (Å²) in [7, 11) is 2.94. The molecule has 0 saturated carbocycles. The van der Waals surface area contributed by atoms with Gasteiger partial charge in [-0.3, -0.25) is 4.99 Å². The van der Waals surface area contributed by atoms with Crippen molar-refractivity contribution >= 4 is 6.21 Å². The summed E-state index contributed by atoms with van der Waals surface area (Å²) in [5.41, 5.74) is -2.02. The summed E-state index contributed by atoms with van der Waals surface area (Å²) in [4.78, 5) is 4.34. The van der Waals surface area contributed by atoms with Gasteiger partial charge in [0.2, 0.25) is 0 Å². The van der Waals surface area contributed by atoms with E-state index in [-0.39, 0.29) is 11.3 Å². The molecule has 0 fully saturated rings. The molecule has 3 aromatic carbocycles. The highest BCUT2D eigenvalue weighted by Gasteiger charge is 2.42. The van der Waals surface area contributed by atoms with Crippen LogP contribution in [0.5, 0.6) is 17.2 Å². The van der Waals surface area contributed by atoms with Crippen LogP contribution in [0.3, 0.4) is 0 Å². The van der Waals surface area contributed by atoms with Crippen LogP contribution in [0.1, 0.15) is 29.2 Å². The van der Waals surface area contributed by atoms with Gasteiger partial charge < -0.3 is 19.7 Å². The number of aromatic hydroxyl groups is 1. The molecule has 0 aliphatic heterocycles. The maximum atomic E-state index is 13.1. The number of ether oxygens (including phenoxy) is 2. The Morgan fingerprint density at radius 1 is 0.879 bits per heavy atom. The van der Waals surface area contributed by atoms with Crippen molar-refractivity contribution in [3.63, 3.8) is 0 Å². The van der Waals surface area contributed by atoms with Gasteiger partial charge in [0.15, 0.2) is 0 Å². The molecule has 0 spiro atoms. The van der Waals surface area contributed by atoms with Gasteiger partial charge >= 0.3 is 6.18 Å². The summed E-state index contributed by atoms with van der Waals surface area (Å²) in [6.07, 6.45) is -3.46. The first-order valence-corrected chi connectivity index (χ1v) is 10.1. The Bertz CT molecular complexity index is 1100. The highest BCUT2D eigenvalue weighted by atomic mass is 19.4. The number of nitrogens with zero attached hydrogens (tertiary/aromatic N) is 1. The molecule has 1 atom stereocenters. The highest BCUT2D eigenvalue weighted by Crippen LogP contribution is 2.43. The number of para-hydroxylation sites is 2. The molecule has 0 saturated heterocycles. The molecule has 0 aliphatic carbocycles. The van der Waals surface area contributed by atoms with E-state index in [2.05, 4.69) is 4.99 Å². The van der Waals surface area contributed by atoms with Crippen molar-refractivity contribution in [2.75, 3.05) is 14.2 Å². The Kier molecular flexibility index (Phi) is 6.98. The molecule has 0 bridgehead atoms. The average molecular weight is 459 g/mol. The zero-order valence-corrected chi connectivity index (χ0v) is 18.3. The van der Waals surface area contributed by atoms with Crippen LogP contribution in [0, 0.1) is 0 Å². The Morgan fingerprint density at radius 2 is 1.39 bits per heavy atom. The minimum absolute atomic E-state index is 0.126. The number of hydrogen-bond donors (Lipinski definition) is 2. The second kappa shape index (κ2) is 9.54. The van der Waals surface area contributed by atoms with Crippen LogP contribution in [0.2, 0.25) is 0 Å². The predicted molar refractivity (Wildman–Crippen MR) is 119 cm³/mol. The molecule has 0 aliphatic rings. The Balaban J connectivity index is 2.15. The van der Waals surface area contributed by atoms with E-state index in [1.807, 2.05) is 0 Å². The van der Waals surface area contributed by atoms with Crippen LogP contribution in [0.15, 0.2) is 71.7 Å². The molecule has 8 heteroatoms. The fourth-order valence-corrected chi connectivity index (χ4v) is 3.65. The van der Waals surface area contributed by atoms with Crippen molar-refractivity contribution in [3.8, 4) is 17.2 Å². The molecule has 33 heavy (non-hydrogen) atoms. The van der Waals surface area contributed by atoms with E-state index in [1.165, 1.54) is 14.2 Å². The third kappa shape index (κ3) is 4.80. The number of aliphatic hydroxyl groups is 1. The van der Waals surface area contributed by atoms with E-state index in [1.54, 1.807) is 55.5 Å². The monoisotopic (exact) mass is 459 g/mol. The van der Waals surface area contributed by atoms with E-state index < -0.39 is 23.4 Å². The maximum Gasteiger partial charge on any atom is 0.416 e. The van der Waals surface area contributed by atoms with E-state index in [0.717, 1.165) is 24.4 Å². The van der Waals surface area contributed by atoms with Crippen LogP contribution in [0.4, 0.5) is 13.2 Å². The summed E-state index contributed by atoms with van der Waals surface area (Å²) in [5, 5.41) is 22.1. The summed E-state index contributed by atoms with van der Waals surface area (Å²) in [5.74, 6) is 0.432. The third-order valence-electron chi connectivity index (χ3n) is 5.43. The molecule has 5 nitrogen and oxygen atoms in total. The van der Waals surface area contributed by atoms with Gasteiger partial charge in [-0.2, -0.15) is 13.2 Å². The molecule has 1 unspecified atom stereocenters. The molecular weight excluding hydrogens is 435 g/mol. The summed E-state index contributed by atoms with van der Waals surface area (Å²) in [6.45, 7) is 1.61. The molecule has 3 aromatic rings. The van der Waals surface area contributed by atoms with Gasteiger partial charge in [-0.25, -0.2) is 0 Å². The lowest BCUT2D eigenvalue weighted by Gasteiger charge is -2.35. The normalized spacial score (nSPS) is 13.2. The molecule has 2 N–H and O–H groups in total. The zero-order chi connectivity index (χ0) is 24.2. The van der Waals surface area contributed by atoms with E-state index in [9.17, 15) is 23.4 Å². The van der Waals surface area contributed by atoms with Gasteiger partial charge in [0.05, 0.1) is 25.8 Å². The lowest BCUT2D eigenvalue weighted by Crippen LogP contribution is -2.38. The number of halogens is 3. The van der Waals surface area contributed by atoms with Crippen molar-refractivity contribution in [1.29, 1.82) is 0 Å². The predicted octanol–water partition coefficient (Wildman–Crippen LogP) is 5.17.